The quantitative estimate of drug-likeness (QED) is 0.843. The van der Waals surface area contributed by atoms with Gasteiger partial charge in [-0.25, -0.2) is 9.97 Å². The molecule has 0 saturated heterocycles. The van der Waals surface area contributed by atoms with Crippen LogP contribution in [0.25, 0.3) is 0 Å². The Hall–Kier alpha value is -1.81. The van der Waals surface area contributed by atoms with E-state index in [2.05, 4.69) is 15.3 Å². The molecule has 1 unspecified atom stereocenters. The smallest absolute Gasteiger partial charge is 0.218 e. The van der Waals surface area contributed by atoms with Crippen molar-refractivity contribution in [2.24, 2.45) is 0 Å². The highest BCUT2D eigenvalue weighted by atomic mass is 35.5. The standard InChI is InChI=1S/C13H14ClN3O/c1-18-13-7-12(16-9-17-13)15-8-11(14)10-5-3-2-4-6-10/h2-7,9,11H,8H2,1H3,(H,15,16,17). The fourth-order valence-electron chi connectivity index (χ4n) is 1.52. The van der Waals surface area contributed by atoms with Crippen LogP contribution in [0.3, 0.4) is 0 Å². The first-order chi connectivity index (χ1) is 8.79. The van der Waals surface area contributed by atoms with Crippen LogP contribution in [-0.4, -0.2) is 23.6 Å². The number of alkyl halides is 1. The predicted octanol–water partition coefficient (Wildman–Crippen LogP) is 2.88. The van der Waals surface area contributed by atoms with Gasteiger partial charge in [-0.1, -0.05) is 30.3 Å². The molecule has 94 valence electrons. The number of methoxy groups -OCH3 is 1. The minimum atomic E-state index is -0.104. The Morgan fingerprint density at radius 2 is 2.06 bits per heavy atom. The molecular formula is C13H14ClN3O. The van der Waals surface area contributed by atoms with Gasteiger partial charge in [-0.2, -0.15) is 0 Å². The second-order valence-electron chi connectivity index (χ2n) is 3.70. The number of nitrogens with one attached hydrogen (secondary N) is 1. The summed E-state index contributed by atoms with van der Waals surface area (Å²) in [7, 11) is 1.57. The van der Waals surface area contributed by atoms with Crippen LogP contribution in [0.4, 0.5) is 5.82 Å². The molecule has 1 heterocycles. The van der Waals surface area contributed by atoms with Gasteiger partial charge < -0.3 is 10.1 Å². The Bertz CT molecular complexity index is 493. The van der Waals surface area contributed by atoms with E-state index in [1.807, 2.05) is 30.3 Å². The van der Waals surface area contributed by atoms with Gasteiger partial charge in [-0.3, -0.25) is 0 Å². The van der Waals surface area contributed by atoms with Gasteiger partial charge in [0.2, 0.25) is 5.88 Å². The Morgan fingerprint density at radius 1 is 1.28 bits per heavy atom. The van der Waals surface area contributed by atoms with E-state index < -0.39 is 0 Å². The maximum Gasteiger partial charge on any atom is 0.218 e. The molecule has 1 aromatic carbocycles. The highest BCUT2D eigenvalue weighted by molar-refractivity contribution is 6.21. The molecule has 0 bridgehead atoms. The molecule has 0 amide bonds. The summed E-state index contributed by atoms with van der Waals surface area (Å²) in [6.07, 6.45) is 1.45. The molecule has 1 atom stereocenters. The van der Waals surface area contributed by atoms with E-state index >= 15 is 0 Å². The average Bonchev–Trinajstić information content (AvgIpc) is 2.46. The van der Waals surface area contributed by atoms with Crippen LogP contribution in [0.15, 0.2) is 42.7 Å². The Labute approximate surface area is 111 Å². The normalized spacial score (nSPS) is 11.9. The lowest BCUT2D eigenvalue weighted by Gasteiger charge is -2.11. The van der Waals surface area contributed by atoms with Crippen molar-refractivity contribution < 1.29 is 4.74 Å². The maximum absolute atomic E-state index is 6.29. The van der Waals surface area contributed by atoms with Crippen LogP contribution in [0, 0.1) is 0 Å². The van der Waals surface area contributed by atoms with Crippen molar-refractivity contribution in [3.05, 3.63) is 48.3 Å². The SMILES string of the molecule is COc1cc(NCC(Cl)c2ccccc2)ncn1. The van der Waals surface area contributed by atoms with Crippen LogP contribution in [0.5, 0.6) is 5.88 Å². The van der Waals surface area contributed by atoms with Crippen molar-refractivity contribution in [3.8, 4) is 5.88 Å². The van der Waals surface area contributed by atoms with Gasteiger partial charge in [0, 0.05) is 12.6 Å². The van der Waals surface area contributed by atoms with Gasteiger partial charge in [-0.15, -0.1) is 11.6 Å². The number of nitrogens with zero attached hydrogens (tertiary/aromatic N) is 2. The molecule has 1 aromatic heterocycles. The number of rotatable bonds is 5. The second-order valence-corrected chi connectivity index (χ2v) is 4.23. The summed E-state index contributed by atoms with van der Waals surface area (Å²) in [5.41, 5.74) is 1.08. The van der Waals surface area contributed by atoms with Gasteiger partial charge in [0.25, 0.3) is 0 Å². The third-order valence-electron chi connectivity index (χ3n) is 2.47. The summed E-state index contributed by atoms with van der Waals surface area (Å²) >= 11 is 6.29. The number of hydrogen-bond donors (Lipinski definition) is 1. The van der Waals surface area contributed by atoms with Crippen molar-refractivity contribution in [1.29, 1.82) is 0 Å². The zero-order chi connectivity index (χ0) is 12.8. The molecule has 0 aliphatic heterocycles. The first kappa shape index (κ1) is 12.6. The van der Waals surface area contributed by atoms with Crippen LogP contribution in [-0.2, 0) is 0 Å². The van der Waals surface area contributed by atoms with Gasteiger partial charge in [0.15, 0.2) is 0 Å². The monoisotopic (exact) mass is 263 g/mol. The van der Waals surface area contributed by atoms with E-state index in [1.54, 1.807) is 13.2 Å². The number of halogens is 1. The van der Waals surface area contributed by atoms with Gasteiger partial charge in [0.1, 0.15) is 12.1 Å². The van der Waals surface area contributed by atoms with Crippen molar-refractivity contribution in [3.63, 3.8) is 0 Å². The molecular weight excluding hydrogens is 250 g/mol. The largest absolute Gasteiger partial charge is 0.481 e. The number of anilines is 1. The van der Waals surface area contributed by atoms with Crippen LogP contribution in [0.2, 0.25) is 0 Å². The zero-order valence-corrected chi connectivity index (χ0v) is 10.8. The third-order valence-corrected chi connectivity index (χ3v) is 2.88. The fourth-order valence-corrected chi connectivity index (χ4v) is 1.74. The van der Waals surface area contributed by atoms with E-state index in [4.69, 9.17) is 16.3 Å². The second kappa shape index (κ2) is 6.21. The minimum absolute atomic E-state index is 0.104. The molecule has 0 radical (unpaired) electrons. The average molecular weight is 264 g/mol. The highest BCUT2D eigenvalue weighted by Gasteiger charge is 2.07. The van der Waals surface area contributed by atoms with Gasteiger partial charge in [0.05, 0.1) is 12.5 Å². The molecule has 0 spiro atoms. The Balaban J connectivity index is 1.95. The van der Waals surface area contributed by atoms with Crippen molar-refractivity contribution in [2.75, 3.05) is 19.0 Å². The molecule has 2 aromatic rings. The summed E-state index contributed by atoms with van der Waals surface area (Å²) in [4.78, 5) is 8.03. The summed E-state index contributed by atoms with van der Waals surface area (Å²) in [6.45, 7) is 0.589. The summed E-state index contributed by atoms with van der Waals surface area (Å²) in [5, 5.41) is 3.05. The van der Waals surface area contributed by atoms with Crippen LogP contribution >= 0.6 is 11.6 Å². The lowest BCUT2D eigenvalue weighted by molar-refractivity contribution is 0.397. The molecule has 18 heavy (non-hydrogen) atoms. The highest BCUT2D eigenvalue weighted by Crippen LogP contribution is 2.20. The topological polar surface area (TPSA) is 47.0 Å². The molecule has 0 saturated carbocycles. The molecule has 0 fully saturated rings. The molecule has 1 N–H and O–H groups in total. The first-order valence-electron chi connectivity index (χ1n) is 5.58. The molecule has 4 nitrogen and oxygen atoms in total. The van der Waals surface area contributed by atoms with E-state index in [1.165, 1.54) is 6.33 Å². The molecule has 0 aliphatic rings. The Morgan fingerprint density at radius 3 is 2.78 bits per heavy atom. The Kier molecular flexibility index (Phi) is 4.36. The van der Waals surface area contributed by atoms with Crippen molar-refractivity contribution in [2.45, 2.75) is 5.38 Å². The lowest BCUT2D eigenvalue weighted by atomic mass is 10.1. The van der Waals surface area contributed by atoms with E-state index in [9.17, 15) is 0 Å². The molecule has 5 heteroatoms. The van der Waals surface area contributed by atoms with E-state index in [0.29, 0.717) is 18.2 Å². The first-order valence-corrected chi connectivity index (χ1v) is 6.02. The fraction of sp³-hybridized carbons (Fsp3) is 0.231. The van der Waals surface area contributed by atoms with E-state index in [0.717, 1.165) is 5.56 Å². The maximum atomic E-state index is 6.29. The van der Waals surface area contributed by atoms with Crippen LogP contribution in [0.1, 0.15) is 10.9 Å². The molecule has 0 aliphatic carbocycles. The van der Waals surface area contributed by atoms with Gasteiger partial charge in [-0.05, 0) is 5.56 Å². The number of aromatic nitrogens is 2. The predicted molar refractivity (Wildman–Crippen MR) is 72.1 cm³/mol. The van der Waals surface area contributed by atoms with Gasteiger partial charge >= 0.3 is 0 Å². The van der Waals surface area contributed by atoms with Crippen molar-refractivity contribution in [1.82, 2.24) is 9.97 Å². The van der Waals surface area contributed by atoms with E-state index in [-0.39, 0.29) is 5.38 Å². The third kappa shape index (κ3) is 3.34. The lowest BCUT2D eigenvalue weighted by Crippen LogP contribution is -2.09. The van der Waals surface area contributed by atoms with Crippen molar-refractivity contribution >= 4 is 17.4 Å². The summed E-state index contributed by atoms with van der Waals surface area (Å²) in [5.74, 6) is 1.22. The molecule has 2 rings (SSSR count). The zero-order valence-electron chi connectivity index (χ0n) is 10.0. The van der Waals surface area contributed by atoms with Crippen LogP contribution < -0.4 is 10.1 Å². The summed E-state index contributed by atoms with van der Waals surface area (Å²) in [6, 6.07) is 11.6. The summed E-state index contributed by atoms with van der Waals surface area (Å²) < 4.78 is 5.02. The minimum Gasteiger partial charge on any atom is -0.481 e. The number of ether oxygens (including phenoxy) is 1. The number of hydrogen-bond acceptors (Lipinski definition) is 4. The number of benzene rings is 1.